The van der Waals surface area contributed by atoms with Crippen LogP contribution in [0.5, 0.6) is 0 Å². The number of hydrogen-bond donors (Lipinski definition) is 1. The summed E-state index contributed by atoms with van der Waals surface area (Å²) in [7, 11) is -3.80. The summed E-state index contributed by atoms with van der Waals surface area (Å²) < 4.78 is 27.2. The Balaban J connectivity index is 2.23. The summed E-state index contributed by atoms with van der Waals surface area (Å²) >= 11 is 5.85. The van der Waals surface area contributed by atoms with E-state index in [1.807, 2.05) is 44.2 Å². The van der Waals surface area contributed by atoms with E-state index in [1.165, 1.54) is 28.6 Å². The normalized spacial score (nSPS) is 11.7. The average molecular weight is 395 g/mol. The molecule has 0 aliphatic rings. The smallest absolute Gasteiger partial charge is 0.243 e. The quantitative estimate of drug-likeness (QED) is 0.748. The molecule has 0 aromatic heterocycles. The van der Waals surface area contributed by atoms with Gasteiger partial charge in [0.15, 0.2) is 0 Å². The molecule has 140 valence electrons. The molecule has 1 N–H and O–H groups in total. The van der Waals surface area contributed by atoms with E-state index in [2.05, 4.69) is 5.32 Å². The summed E-state index contributed by atoms with van der Waals surface area (Å²) in [5.74, 6) is -0.328. The highest BCUT2D eigenvalue weighted by atomic mass is 35.5. The maximum absolute atomic E-state index is 13.0. The van der Waals surface area contributed by atoms with Gasteiger partial charge in [-0.25, -0.2) is 8.42 Å². The molecule has 0 aliphatic heterocycles. The van der Waals surface area contributed by atoms with Crippen molar-refractivity contribution < 1.29 is 13.2 Å². The monoisotopic (exact) mass is 394 g/mol. The first-order valence-corrected chi connectivity index (χ1v) is 10.2. The zero-order valence-electron chi connectivity index (χ0n) is 14.9. The molecule has 2 rings (SSSR count). The highest BCUT2D eigenvalue weighted by Gasteiger charge is 2.26. The number of carbonyl (C=O) groups excluding carboxylic acids is 1. The van der Waals surface area contributed by atoms with Gasteiger partial charge in [-0.05, 0) is 50.1 Å². The lowest BCUT2D eigenvalue weighted by atomic mass is 10.1. The van der Waals surface area contributed by atoms with Crippen molar-refractivity contribution in [1.82, 2.24) is 9.62 Å². The predicted molar refractivity (Wildman–Crippen MR) is 104 cm³/mol. The molecule has 0 unspecified atom stereocenters. The van der Waals surface area contributed by atoms with Gasteiger partial charge in [-0.15, -0.1) is 0 Å². The number of halogens is 1. The van der Waals surface area contributed by atoms with Crippen molar-refractivity contribution in [1.29, 1.82) is 0 Å². The minimum absolute atomic E-state index is 0.0586. The number of carbonyl (C=O) groups is 1. The Morgan fingerprint density at radius 1 is 1.08 bits per heavy atom. The third-order valence-corrected chi connectivity index (χ3v) is 5.83. The lowest BCUT2D eigenvalue weighted by molar-refractivity contribution is -0.121. The number of amides is 1. The molecule has 0 aliphatic carbocycles. The second-order valence-corrected chi connectivity index (χ2v) is 8.62. The highest BCUT2D eigenvalue weighted by molar-refractivity contribution is 7.89. The zero-order valence-corrected chi connectivity index (χ0v) is 16.4. The van der Waals surface area contributed by atoms with Crippen molar-refractivity contribution in [2.24, 2.45) is 0 Å². The molecular weight excluding hydrogens is 372 g/mol. The third kappa shape index (κ3) is 5.83. The fraction of sp³-hybridized carbons (Fsp3) is 0.316. The van der Waals surface area contributed by atoms with Crippen LogP contribution in [0, 0.1) is 0 Å². The number of nitrogens with one attached hydrogen (secondary N) is 1. The minimum Gasteiger partial charge on any atom is -0.353 e. The first-order valence-electron chi connectivity index (χ1n) is 8.38. The lowest BCUT2D eigenvalue weighted by Gasteiger charge is -2.22. The van der Waals surface area contributed by atoms with Gasteiger partial charge in [0.05, 0.1) is 11.4 Å². The van der Waals surface area contributed by atoms with E-state index in [9.17, 15) is 13.2 Å². The molecule has 2 aromatic rings. The van der Waals surface area contributed by atoms with Crippen molar-refractivity contribution in [3.8, 4) is 0 Å². The SMILES string of the molecule is CC(C)NC(=O)CN(CCc1ccccc1)S(=O)(=O)c1ccc(Cl)cc1. The standard InChI is InChI=1S/C19H23ClN2O3S/c1-15(2)21-19(23)14-22(13-12-16-6-4-3-5-7-16)26(24,25)18-10-8-17(20)9-11-18/h3-11,15H,12-14H2,1-2H3,(H,21,23). The van der Waals surface area contributed by atoms with Gasteiger partial charge in [0, 0.05) is 17.6 Å². The Labute approximate surface area is 160 Å². The number of sulfonamides is 1. The summed E-state index contributed by atoms with van der Waals surface area (Å²) in [4.78, 5) is 12.3. The van der Waals surface area contributed by atoms with Gasteiger partial charge < -0.3 is 5.32 Å². The summed E-state index contributed by atoms with van der Waals surface area (Å²) in [6.07, 6.45) is 0.516. The van der Waals surface area contributed by atoms with E-state index < -0.39 is 10.0 Å². The molecule has 0 radical (unpaired) electrons. The van der Waals surface area contributed by atoms with Crippen molar-refractivity contribution in [3.05, 3.63) is 65.2 Å². The Kier molecular flexibility index (Phi) is 7.20. The van der Waals surface area contributed by atoms with Gasteiger partial charge in [0.25, 0.3) is 0 Å². The van der Waals surface area contributed by atoms with Crippen LogP contribution in [-0.4, -0.2) is 37.8 Å². The second-order valence-electron chi connectivity index (χ2n) is 6.25. The van der Waals surface area contributed by atoms with Gasteiger partial charge in [-0.2, -0.15) is 4.31 Å². The van der Waals surface area contributed by atoms with E-state index in [0.717, 1.165) is 5.56 Å². The molecule has 0 saturated heterocycles. The largest absolute Gasteiger partial charge is 0.353 e. The Hall–Kier alpha value is -1.89. The predicted octanol–water partition coefficient (Wildman–Crippen LogP) is 3.10. The molecule has 0 heterocycles. The molecule has 7 heteroatoms. The van der Waals surface area contributed by atoms with Crippen molar-refractivity contribution in [3.63, 3.8) is 0 Å². The third-order valence-electron chi connectivity index (χ3n) is 3.71. The van der Waals surface area contributed by atoms with Crippen LogP contribution in [0.15, 0.2) is 59.5 Å². The van der Waals surface area contributed by atoms with Gasteiger partial charge in [-0.3, -0.25) is 4.79 Å². The summed E-state index contributed by atoms with van der Waals surface area (Å²) in [6, 6.07) is 15.5. The van der Waals surface area contributed by atoms with Gasteiger partial charge in [0.2, 0.25) is 15.9 Å². The van der Waals surface area contributed by atoms with Crippen LogP contribution in [0.1, 0.15) is 19.4 Å². The van der Waals surface area contributed by atoms with Crippen molar-refractivity contribution in [2.45, 2.75) is 31.2 Å². The van der Waals surface area contributed by atoms with Crippen LogP contribution in [-0.2, 0) is 21.2 Å². The molecule has 1 amide bonds. The topological polar surface area (TPSA) is 66.5 Å². The fourth-order valence-electron chi connectivity index (χ4n) is 2.47. The van der Waals surface area contributed by atoms with E-state index in [4.69, 9.17) is 11.6 Å². The average Bonchev–Trinajstić information content (AvgIpc) is 2.59. The molecule has 0 atom stereocenters. The Bertz CT molecular complexity index is 822. The molecule has 5 nitrogen and oxygen atoms in total. The number of rotatable bonds is 8. The van der Waals surface area contributed by atoms with Crippen LogP contribution in [0.25, 0.3) is 0 Å². The Morgan fingerprint density at radius 2 is 1.69 bits per heavy atom. The molecule has 0 saturated carbocycles. The Morgan fingerprint density at radius 3 is 2.27 bits per heavy atom. The van der Waals surface area contributed by atoms with Gasteiger partial charge in [-0.1, -0.05) is 41.9 Å². The zero-order chi connectivity index (χ0) is 19.2. The molecule has 26 heavy (non-hydrogen) atoms. The molecule has 0 fully saturated rings. The maximum atomic E-state index is 13.0. The van der Waals surface area contributed by atoms with Crippen LogP contribution in [0.3, 0.4) is 0 Å². The fourth-order valence-corrected chi connectivity index (χ4v) is 3.99. The number of nitrogens with zero attached hydrogens (tertiary/aromatic N) is 1. The lowest BCUT2D eigenvalue weighted by Crippen LogP contribution is -2.43. The summed E-state index contributed by atoms with van der Waals surface area (Å²) in [5, 5.41) is 3.19. The molecular formula is C19H23ClN2O3S. The van der Waals surface area contributed by atoms with E-state index in [-0.39, 0.29) is 29.9 Å². The van der Waals surface area contributed by atoms with Crippen molar-refractivity contribution >= 4 is 27.5 Å². The maximum Gasteiger partial charge on any atom is 0.243 e. The van der Waals surface area contributed by atoms with Gasteiger partial charge >= 0.3 is 0 Å². The summed E-state index contributed by atoms with van der Waals surface area (Å²) in [5.41, 5.74) is 1.01. The second kappa shape index (κ2) is 9.16. The van der Waals surface area contributed by atoms with Crippen LogP contribution < -0.4 is 5.32 Å². The summed E-state index contributed by atoms with van der Waals surface area (Å²) in [6.45, 7) is 3.65. The van der Waals surface area contributed by atoms with E-state index in [0.29, 0.717) is 11.4 Å². The molecule has 2 aromatic carbocycles. The minimum atomic E-state index is -3.80. The van der Waals surface area contributed by atoms with Crippen molar-refractivity contribution in [2.75, 3.05) is 13.1 Å². The van der Waals surface area contributed by atoms with Gasteiger partial charge in [0.1, 0.15) is 0 Å². The van der Waals surface area contributed by atoms with Crippen LogP contribution >= 0.6 is 11.6 Å². The highest BCUT2D eigenvalue weighted by Crippen LogP contribution is 2.19. The van der Waals surface area contributed by atoms with E-state index in [1.54, 1.807) is 0 Å². The first-order chi connectivity index (χ1) is 12.3. The molecule has 0 bridgehead atoms. The van der Waals surface area contributed by atoms with E-state index >= 15 is 0 Å². The molecule has 0 spiro atoms. The number of benzene rings is 2. The number of hydrogen-bond acceptors (Lipinski definition) is 3. The van der Waals surface area contributed by atoms with Crippen LogP contribution in [0.2, 0.25) is 5.02 Å². The van der Waals surface area contributed by atoms with Crippen LogP contribution in [0.4, 0.5) is 0 Å². The first kappa shape index (κ1) is 20.4.